The molecule has 0 spiro atoms. The summed E-state index contributed by atoms with van der Waals surface area (Å²) in [4.78, 5) is 3.98. The first-order valence-corrected chi connectivity index (χ1v) is 5.67. The molecule has 15 heavy (non-hydrogen) atoms. The maximum Gasteiger partial charge on any atom is 0.0521 e. The number of azide groups is 1. The van der Waals surface area contributed by atoms with E-state index in [0.717, 1.165) is 5.57 Å². The van der Waals surface area contributed by atoms with E-state index in [1.165, 1.54) is 4.88 Å². The number of nitrogens with zero attached hydrogens (tertiary/aromatic N) is 3. The molecule has 0 fully saturated rings. The fraction of sp³-hybridized carbons (Fsp3) is 0.455. The summed E-state index contributed by atoms with van der Waals surface area (Å²) in [5, 5.41) is 5.66. The first-order valence-electron chi connectivity index (χ1n) is 4.79. The van der Waals surface area contributed by atoms with Crippen LogP contribution >= 0.6 is 11.3 Å². The lowest BCUT2D eigenvalue weighted by molar-refractivity contribution is 0.545. The Kier molecular flexibility index (Phi) is 3.95. The minimum Gasteiger partial charge on any atom is -0.144 e. The number of hydrogen-bond donors (Lipinski definition) is 0. The molecule has 0 aliphatic carbocycles. The molecular weight excluding hydrogens is 206 g/mol. The lowest BCUT2D eigenvalue weighted by Crippen LogP contribution is -2.02. The first-order chi connectivity index (χ1) is 7.03. The molecule has 0 atom stereocenters. The zero-order valence-electron chi connectivity index (χ0n) is 9.27. The lowest BCUT2D eigenvalue weighted by Gasteiger charge is -2.14. The second-order valence-electron chi connectivity index (χ2n) is 4.40. The molecule has 4 heteroatoms. The van der Waals surface area contributed by atoms with Gasteiger partial charge in [-0.25, -0.2) is 0 Å². The highest BCUT2D eigenvalue weighted by atomic mass is 32.1. The van der Waals surface area contributed by atoms with Crippen molar-refractivity contribution in [3.05, 3.63) is 38.9 Å². The summed E-state index contributed by atoms with van der Waals surface area (Å²) in [5.41, 5.74) is 9.55. The number of thiophene rings is 1. The van der Waals surface area contributed by atoms with E-state index in [0.29, 0.717) is 6.54 Å². The van der Waals surface area contributed by atoms with Crippen LogP contribution in [0.25, 0.3) is 16.0 Å². The Balaban J connectivity index is 2.98. The summed E-state index contributed by atoms with van der Waals surface area (Å²) >= 11 is 1.67. The van der Waals surface area contributed by atoms with E-state index in [1.54, 1.807) is 11.3 Å². The monoisotopic (exact) mass is 221 g/mol. The van der Waals surface area contributed by atoms with Crippen molar-refractivity contribution in [2.45, 2.75) is 20.8 Å². The molecule has 1 heterocycles. The Morgan fingerprint density at radius 2 is 2.33 bits per heavy atom. The van der Waals surface area contributed by atoms with Gasteiger partial charge in [0.25, 0.3) is 0 Å². The average Bonchev–Trinajstić information content (AvgIpc) is 2.63. The minimum atomic E-state index is 0.101. The summed E-state index contributed by atoms with van der Waals surface area (Å²) in [6, 6.07) is 4.06. The van der Waals surface area contributed by atoms with Crippen LogP contribution in [0, 0.1) is 5.41 Å². The third-order valence-corrected chi connectivity index (χ3v) is 2.69. The molecule has 0 aromatic carbocycles. The van der Waals surface area contributed by atoms with Crippen LogP contribution in [-0.4, -0.2) is 6.54 Å². The lowest BCUT2D eigenvalue weighted by atomic mass is 9.93. The Bertz CT molecular complexity index is 378. The van der Waals surface area contributed by atoms with E-state index < -0.39 is 0 Å². The second-order valence-corrected chi connectivity index (χ2v) is 5.35. The molecule has 0 bridgehead atoms. The third-order valence-electron chi connectivity index (χ3n) is 1.75. The van der Waals surface area contributed by atoms with Gasteiger partial charge in [-0.3, -0.25) is 0 Å². The van der Waals surface area contributed by atoms with E-state index in [9.17, 15) is 0 Å². The van der Waals surface area contributed by atoms with Crippen molar-refractivity contribution < 1.29 is 0 Å². The van der Waals surface area contributed by atoms with Crippen LogP contribution in [0.2, 0.25) is 0 Å². The van der Waals surface area contributed by atoms with Gasteiger partial charge >= 0.3 is 0 Å². The topological polar surface area (TPSA) is 48.8 Å². The van der Waals surface area contributed by atoms with E-state index in [2.05, 4.69) is 42.9 Å². The van der Waals surface area contributed by atoms with Crippen LogP contribution in [0.1, 0.15) is 25.6 Å². The highest BCUT2D eigenvalue weighted by molar-refractivity contribution is 7.11. The Morgan fingerprint density at radius 1 is 1.60 bits per heavy atom. The average molecular weight is 221 g/mol. The largest absolute Gasteiger partial charge is 0.144 e. The van der Waals surface area contributed by atoms with Crippen molar-refractivity contribution in [1.29, 1.82) is 0 Å². The van der Waals surface area contributed by atoms with Crippen molar-refractivity contribution in [2.75, 3.05) is 6.54 Å². The predicted octanol–water partition coefficient (Wildman–Crippen LogP) is 4.49. The quantitative estimate of drug-likeness (QED) is 0.410. The van der Waals surface area contributed by atoms with Gasteiger partial charge in [0.2, 0.25) is 0 Å². The Morgan fingerprint density at radius 3 is 2.80 bits per heavy atom. The number of allylic oxidation sites excluding steroid dienone is 1. The molecule has 0 N–H and O–H groups in total. The zero-order chi connectivity index (χ0) is 11.3. The molecule has 0 unspecified atom stereocenters. The summed E-state index contributed by atoms with van der Waals surface area (Å²) < 4.78 is 0. The molecule has 0 radical (unpaired) electrons. The van der Waals surface area contributed by atoms with Gasteiger partial charge in [-0.05, 0) is 28.0 Å². The van der Waals surface area contributed by atoms with Gasteiger partial charge in [0.05, 0.1) is 6.54 Å². The SMILES string of the molecule is CC(C)(C)/C=C(/CN=[N+]=[N-])c1cccs1. The third kappa shape index (κ3) is 4.19. The maximum absolute atomic E-state index is 8.35. The molecule has 80 valence electrons. The number of rotatable bonds is 3. The van der Waals surface area contributed by atoms with Crippen molar-refractivity contribution in [3.8, 4) is 0 Å². The minimum absolute atomic E-state index is 0.101. The summed E-state index contributed by atoms with van der Waals surface area (Å²) in [6.45, 7) is 6.83. The summed E-state index contributed by atoms with van der Waals surface area (Å²) in [6.07, 6.45) is 2.16. The van der Waals surface area contributed by atoms with Gasteiger partial charge in [-0.1, -0.05) is 38.0 Å². The molecule has 3 nitrogen and oxygen atoms in total. The van der Waals surface area contributed by atoms with Crippen molar-refractivity contribution >= 4 is 16.9 Å². The van der Waals surface area contributed by atoms with Gasteiger partial charge in [0.1, 0.15) is 0 Å². The van der Waals surface area contributed by atoms with Gasteiger partial charge in [0.15, 0.2) is 0 Å². The number of hydrogen-bond acceptors (Lipinski definition) is 2. The molecule has 1 rings (SSSR count). The molecule has 0 saturated heterocycles. The highest BCUT2D eigenvalue weighted by Crippen LogP contribution is 2.26. The fourth-order valence-electron chi connectivity index (χ4n) is 1.29. The first kappa shape index (κ1) is 11.8. The van der Waals surface area contributed by atoms with E-state index in [-0.39, 0.29) is 5.41 Å². The molecule has 1 aromatic heterocycles. The van der Waals surface area contributed by atoms with Gasteiger partial charge in [-0.15, -0.1) is 11.3 Å². The highest BCUT2D eigenvalue weighted by Gasteiger charge is 2.10. The van der Waals surface area contributed by atoms with Gasteiger partial charge < -0.3 is 0 Å². The molecule has 0 aliphatic rings. The van der Waals surface area contributed by atoms with Crippen LogP contribution in [0.15, 0.2) is 28.7 Å². The smallest absolute Gasteiger partial charge is 0.0521 e. The normalized spacial score (nSPS) is 12.3. The Labute approximate surface area is 94.1 Å². The van der Waals surface area contributed by atoms with Crippen LogP contribution in [0.4, 0.5) is 0 Å². The van der Waals surface area contributed by atoms with E-state index in [1.807, 2.05) is 11.4 Å². The fourth-order valence-corrected chi connectivity index (χ4v) is 2.02. The standard InChI is InChI=1S/C11H15N3S/c1-11(2,3)7-9(8-13-14-12)10-5-4-6-15-10/h4-7H,8H2,1-3H3/b9-7-. The van der Waals surface area contributed by atoms with Crippen molar-refractivity contribution in [1.82, 2.24) is 0 Å². The molecule has 1 aromatic rings. The van der Waals surface area contributed by atoms with Crippen LogP contribution in [-0.2, 0) is 0 Å². The van der Waals surface area contributed by atoms with Crippen LogP contribution < -0.4 is 0 Å². The van der Waals surface area contributed by atoms with Crippen LogP contribution in [0.5, 0.6) is 0 Å². The van der Waals surface area contributed by atoms with Crippen molar-refractivity contribution in [2.24, 2.45) is 10.5 Å². The van der Waals surface area contributed by atoms with E-state index in [4.69, 9.17) is 5.53 Å². The van der Waals surface area contributed by atoms with Gasteiger partial charge in [-0.2, -0.15) is 0 Å². The van der Waals surface area contributed by atoms with Gasteiger partial charge in [0, 0.05) is 9.79 Å². The molecular formula is C11H15N3S. The second kappa shape index (κ2) is 5.01. The van der Waals surface area contributed by atoms with Crippen molar-refractivity contribution in [3.63, 3.8) is 0 Å². The van der Waals surface area contributed by atoms with E-state index >= 15 is 0 Å². The maximum atomic E-state index is 8.35. The molecule has 0 aliphatic heterocycles. The zero-order valence-corrected chi connectivity index (χ0v) is 10.1. The summed E-state index contributed by atoms with van der Waals surface area (Å²) in [5.74, 6) is 0. The molecule has 0 amide bonds. The Hall–Kier alpha value is -1.25. The predicted molar refractivity (Wildman–Crippen MR) is 65.8 cm³/mol. The molecule has 0 saturated carbocycles. The summed E-state index contributed by atoms with van der Waals surface area (Å²) in [7, 11) is 0. The van der Waals surface area contributed by atoms with Crippen LogP contribution in [0.3, 0.4) is 0 Å².